The van der Waals surface area contributed by atoms with Crippen LogP contribution in [-0.2, 0) is 9.84 Å². The van der Waals surface area contributed by atoms with Gasteiger partial charge in [0.1, 0.15) is 9.84 Å². The second kappa shape index (κ2) is 9.95. The fraction of sp³-hybridized carbons (Fsp3) is 0.933. The van der Waals surface area contributed by atoms with Crippen molar-refractivity contribution in [3.8, 4) is 0 Å². The van der Waals surface area contributed by atoms with Gasteiger partial charge in [-0.15, -0.1) is 24.0 Å². The van der Waals surface area contributed by atoms with E-state index < -0.39 is 9.84 Å². The lowest BCUT2D eigenvalue weighted by Gasteiger charge is -2.42. The normalized spacial score (nSPS) is 17.6. The Hall–Kier alpha value is -0.0500. The quantitative estimate of drug-likeness (QED) is 0.342. The first-order valence-corrected chi connectivity index (χ1v) is 10.0. The van der Waals surface area contributed by atoms with Crippen molar-refractivity contribution in [2.75, 3.05) is 31.6 Å². The summed E-state index contributed by atoms with van der Waals surface area (Å²) in [5.41, 5.74) is 0.368. The van der Waals surface area contributed by atoms with Crippen LogP contribution in [0.1, 0.15) is 46.5 Å². The average Bonchev–Trinajstić information content (AvgIpc) is 2.30. The van der Waals surface area contributed by atoms with Gasteiger partial charge in [-0.2, -0.15) is 0 Å². The van der Waals surface area contributed by atoms with Crippen molar-refractivity contribution in [1.82, 2.24) is 10.6 Å². The van der Waals surface area contributed by atoms with E-state index in [9.17, 15) is 8.42 Å². The molecule has 0 saturated heterocycles. The summed E-state index contributed by atoms with van der Waals surface area (Å²) in [5, 5.41) is 6.30. The summed E-state index contributed by atoms with van der Waals surface area (Å²) in [5.74, 6) is 1.56. The summed E-state index contributed by atoms with van der Waals surface area (Å²) in [6.45, 7) is 8.56. The summed E-state index contributed by atoms with van der Waals surface area (Å²) in [7, 11) is -2.93. The van der Waals surface area contributed by atoms with Crippen LogP contribution < -0.4 is 10.6 Å². The lowest BCUT2D eigenvalue weighted by Crippen LogP contribution is -2.41. The molecule has 0 spiro atoms. The third kappa shape index (κ3) is 8.55. The first-order chi connectivity index (χ1) is 9.76. The summed E-state index contributed by atoms with van der Waals surface area (Å²) in [4.78, 5) is 4.68. The number of sulfone groups is 1. The number of nitrogens with zero attached hydrogens (tertiary/aromatic N) is 1. The smallest absolute Gasteiger partial charge is 0.191 e. The SMILES string of the molecule is CCNC(=NCC1(CC(C)C)CCC1)NCCS(C)(=O)=O.I. The van der Waals surface area contributed by atoms with E-state index in [-0.39, 0.29) is 29.7 Å². The molecule has 1 aliphatic rings. The molecule has 0 aromatic heterocycles. The van der Waals surface area contributed by atoms with Gasteiger partial charge in [-0.05, 0) is 37.5 Å². The molecule has 1 saturated carbocycles. The zero-order valence-electron chi connectivity index (χ0n) is 14.3. The zero-order valence-corrected chi connectivity index (χ0v) is 17.5. The van der Waals surface area contributed by atoms with Gasteiger partial charge in [-0.3, -0.25) is 4.99 Å². The van der Waals surface area contributed by atoms with E-state index in [1.807, 2.05) is 6.92 Å². The third-order valence-electron chi connectivity index (χ3n) is 3.94. The maximum Gasteiger partial charge on any atom is 0.191 e. The highest BCUT2D eigenvalue weighted by molar-refractivity contribution is 14.0. The van der Waals surface area contributed by atoms with Gasteiger partial charge in [-0.25, -0.2) is 8.42 Å². The van der Waals surface area contributed by atoms with Gasteiger partial charge < -0.3 is 10.6 Å². The van der Waals surface area contributed by atoms with Crippen molar-refractivity contribution < 1.29 is 8.42 Å². The molecule has 0 aromatic carbocycles. The van der Waals surface area contributed by atoms with Crippen LogP contribution in [0.4, 0.5) is 0 Å². The molecular formula is C15H32IN3O2S. The minimum atomic E-state index is -2.93. The third-order valence-corrected chi connectivity index (χ3v) is 4.88. The van der Waals surface area contributed by atoms with Gasteiger partial charge in [0.25, 0.3) is 0 Å². The van der Waals surface area contributed by atoms with Crippen LogP contribution in [0.3, 0.4) is 0 Å². The molecule has 0 amide bonds. The largest absolute Gasteiger partial charge is 0.357 e. The fourth-order valence-corrected chi connectivity index (χ4v) is 3.39. The molecule has 0 radical (unpaired) electrons. The molecule has 0 unspecified atom stereocenters. The predicted octanol–water partition coefficient (Wildman–Crippen LogP) is 2.42. The van der Waals surface area contributed by atoms with E-state index >= 15 is 0 Å². The molecule has 7 heteroatoms. The van der Waals surface area contributed by atoms with Crippen molar-refractivity contribution in [3.63, 3.8) is 0 Å². The maximum absolute atomic E-state index is 11.2. The van der Waals surface area contributed by atoms with Crippen LogP contribution in [0, 0.1) is 11.3 Å². The van der Waals surface area contributed by atoms with Crippen LogP contribution in [0.15, 0.2) is 4.99 Å². The van der Waals surface area contributed by atoms with Crippen LogP contribution in [0.2, 0.25) is 0 Å². The van der Waals surface area contributed by atoms with E-state index in [2.05, 4.69) is 29.5 Å². The second-order valence-electron chi connectivity index (χ2n) is 6.70. The van der Waals surface area contributed by atoms with Gasteiger partial charge >= 0.3 is 0 Å². The summed E-state index contributed by atoms with van der Waals surface area (Å²) >= 11 is 0. The fourth-order valence-electron chi connectivity index (χ4n) is 2.91. The van der Waals surface area contributed by atoms with Crippen molar-refractivity contribution >= 4 is 39.8 Å². The van der Waals surface area contributed by atoms with Gasteiger partial charge in [0.15, 0.2) is 5.96 Å². The van der Waals surface area contributed by atoms with Crippen LogP contribution in [0.5, 0.6) is 0 Å². The van der Waals surface area contributed by atoms with E-state index in [1.54, 1.807) is 0 Å². The maximum atomic E-state index is 11.2. The number of rotatable bonds is 8. The molecule has 22 heavy (non-hydrogen) atoms. The minimum Gasteiger partial charge on any atom is -0.357 e. The Morgan fingerprint density at radius 1 is 1.27 bits per heavy atom. The second-order valence-corrected chi connectivity index (χ2v) is 8.96. The molecular weight excluding hydrogens is 413 g/mol. The average molecular weight is 445 g/mol. The number of aliphatic imine (C=N–C) groups is 1. The number of halogens is 1. The van der Waals surface area contributed by atoms with Gasteiger partial charge in [0, 0.05) is 25.9 Å². The van der Waals surface area contributed by atoms with Crippen molar-refractivity contribution in [1.29, 1.82) is 0 Å². The molecule has 0 aromatic rings. The standard InChI is InChI=1S/C15H31N3O2S.HI/c1-5-16-14(17-9-10-21(4,19)20)18-12-15(7-6-8-15)11-13(2)3;/h13H,5-12H2,1-4H3,(H2,16,17,18);1H. The summed E-state index contributed by atoms with van der Waals surface area (Å²) < 4.78 is 22.3. The molecule has 1 rings (SSSR count). The molecule has 0 atom stereocenters. The zero-order chi connectivity index (χ0) is 15.9. The molecule has 0 heterocycles. The van der Waals surface area contributed by atoms with E-state index in [1.165, 1.54) is 31.9 Å². The predicted molar refractivity (Wildman–Crippen MR) is 105 cm³/mol. The number of hydrogen-bond donors (Lipinski definition) is 2. The van der Waals surface area contributed by atoms with Crippen molar-refractivity contribution in [2.24, 2.45) is 16.3 Å². The Morgan fingerprint density at radius 2 is 1.91 bits per heavy atom. The van der Waals surface area contributed by atoms with Crippen LogP contribution in [0.25, 0.3) is 0 Å². The van der Waals surface area contributed by atoms with Gasteiger partial charge in [0.2, 0.25) is 0 Å². The first kappa shape index (κ1) is 21.9. The number of guanidine groups is 1. The molecule has 132 valence electrons. The molecule has 0 aliphatic heterocycles. The van der Waals surface area contributed by atoms with Gasteiger partial charge in [-0.1, -0.05) is 20.3 Å². The monoisotopic (exact) mass is 445 g/mol. The number of nitrogens with one attached hydrogen (secondary N) is 2. The van der Waals surface area contributed by atoms with Crippen LogP contribution >= 0.6 is 24.0 Å². The Balaban J connectivity index is 0.00000441. The lowest BCUT2D eigenvalue weighted by molar-refractivity contribution is 0.111. The number of hydrogen-bond acceptors (Lipinski definition) is 3. The summed E-state index contributed by atoms with van der Waals surface area (Å²) in [6, 6.07) is 0. The Bertz CT molecular complexity index is 446. The lowest BCUT2D eigenvalue weighted by atomic mass is 9.64. The first-order valence-electron chi connectivity index (χ1n) is 7.96. The topological polar surface area (TPSA) is 70.6 Å². The van der Waals surface area contributed by atoms with Crippen molar-refractivity contribution in [2.45, 2.75) is 46.5 Å². The van der Waals surface area contributed by atoms with E-state index in [0.717, 1.165) is 19.0 Å². The van der Waals surface area contributed by atoms with Crippen molar-refractivity contribution in [3.05, 3.63) is 0 Å². The molecule has 2 N–H and O–H groups in total. The highest BCUT2D eigenvalue weighted by Crippen LogP contribution is 2.46. The van der Waals surface area contributed by atoms with Gasteiger partial charge in [0.05, 0.1) is 5.75 Å². The molecule has 1 aliphatic carbocycles. The molecule has 1 fully saturated rings. The van der Waals surface area contributed by atoms with E-state index in [0.29, 0.717) is 17.9 Å². The molecule has 5 nitrogen and oxygen atoms in total. The highest BCUT2D eigenvalue weighted by atomic mass is 127. The minimum absolute atomic E-state index is 0. The summed E-state index contributed by atoms with van der Waals surface area (Å²) in [6.07, 6.45) is 6.30. The van der Waals surface area contributed by atoms with E-state index in [4.69, 9.17) is 0 Å². The van der Waals surface area contributed by atoms with Crippen LogP contribution in [-0.4, -0.2) is 46.0 Å². The molecule has 0 bridgehead atoms. The Morgan fingerprint density at radius 3 is 2.32 bits per heavy atom. The highest BCUT2D eigenvalue weighted by Gasteiger charge is 2.37. The Kier molecular flexibility index (Phi) is 9.93. The Labute approximate surface area is 153 Å².